The number of nitrogens with zero attached hydrogens (tertiary/aromatic N) is 1. The lowest BCUT2D eigenvalue weighted by Gasteiger charge is -2.20. The zero-order valence-corrected chi connectivity index (χ0v) is 11.1. The van der Waals surface area contributed by atoms with E-state index in [1.807, 2.05) is 24.3 Å². The first-order chi connectivity index (χ1) is 8.13. The predicted octanol–water partition coefficient (Wildman–Crippen LogP) is 2.63. The van der Waals surface area contributed by atoms with Crippen LogP contribution >= 0.6 is 0 Å². The molecule has 1 aromatic rings. The summed E-state index contributed by atoms with van der Waals surface area (Å²) in [6.45, 7) is 7.22. The van der Waals surface area contributed by atoms with E-state index in [2.05, 4.69) is 25.8 Å². The van der Waals surface area contributed by atoms with E-state index < -0.39 is 0 Å². The number of rotatable bonds is 7. The normalized spacial score (nSPS) is 12.7. The van der Waals surface area contributed by atoms with E-state index in [0.29, 0.717) is 12.3 Å². The molecule has 0 aliphatic carbocycles. The molecular weight excluding hydrogens is 212 g/mol. The lowest BCUT2D eigenvalue weighted by atomic mass is 10.1. The third-order valence-corrected chi connectivity index (χ3v) is 2.97. The molecule has 1 aromatic carbocycles. The number of likely N-dealkylation sites (N-methyl/N-ethyl adjacent to an activating group) is 1. The van der Waals surface area contributed by atoms with Crippen molar-refractivity contribution < 1.29 is 4.74 Å². The number of hydrogen-bond donors (Lipinski definition) is 1. The molecule has 0 bridgehead atoms. The van der Waals surface area contributed by atoms with Gasteiger partial charge in [0.05, 0.1) is 5.69 Å². The van der Waals surface area contributed by atoms with Crippen molar-refractivity contribution in [2.75, 3.05) is 32.5 Å². The van der Waals surface area contributed by atoms with E-state index in [0.717, 1.165) is 24.8 Å². The van der Waals surface area contributed by atoms with Crippen molar-refractivity contribution in [3.05, 3.63) is 24.3 Å². The fraction of sp³-hybridized carbons (Fsp3) is 0.571. The Hall–Kier alpha value is -1.22. The highest BCUT2D eigenvalue weighted by atomic mass is 16.5. The molecule has 0 saturated heterocycles. The Balaban J connectivity index is 2.26. The molecule has 1 atom stereocenters. The van der Waals surface area contributed by atoms with Gasteiger partial charge in [0.1, 0.15) is 12.4 Å². The number of para-hydroxylation sites is 2. The summed E-state index contributed by atoms with van der Waals surface area (Å²) in [6.07, 6.45) is 1.22. The highest BCUT2D eigenvalue weighted by Gasteiger charge is 2.05. The molecule has 0 amide bonds. The topological polar surface area (TPSA) is 38.5 Å². The van der Waals surface area contributed by atoms with Crippen LogP contribution in [0.1, 0.15) is 20.3 Å². The second kappa shape index (κ2) is 7.17. The van der Waals surface area contributed by atoms with Crippen LogP contribution in [0.4, 0.5) is 5.69 Å². The maximum atomic E-state index is 5.80. The summed E-state index contributed by atoms with van der Waals surface area (Å²) in [7, 11) is 2.13. The molecule has 0 saturated carbocycles. The molecule has 0 spiro atoms. The van der Waals surface area contributed by atoms with Gasteiger partial charge in [0.2, 0.25) is 0 Å². The van der Waals surface area contributed by atoms with Gasteiger partial charge in [-0.1, -0.05) is 32.4 Å². The van der Waals surface area contributed by atoms with E-state index in [-0.39, 0.29) is 0 Å². The van der Waals surface area contributed by atoms with E-state index in [9.17, 15) is 0 Å². The van der Waals surface area contributed by atoms with Gasteiger partial charge in [0.25, 0.3) is 0 Å². The fourth-order valence-corrected chi connectivity index (χ4v) is 1.68. The Morgan fingerprint density at radius 3 is 2.71 bits per heavy atom. The number of nitrogen functional groups attached to an aromatic ring is 1. The van der Waals surface area contributed by atoms with E-state index >= 15 is 0 Å². The Morgan fingerprint density at radius 2 is 2.06 bits per heavy atom. The molecule has 0 aliphatic rings. The molecule has 1 unspecified atom stereocenters. The van der Waals surface area contributed by atoms with Gasteiger partial charge in [-0.3, -0.25) is 0 Å². The molecule has 0 heterocycles. The van der Waals surface area contributed by atoms with Crippen molar-refractivity contribution in [3.63, 3.8) is 0 Å². The van der Waals surface area contributed by atoms with Crippen LogP contribution in [-0.4, -0.2) is 31.6 Å². The van der Waals surface area contributed by atoms with Crippen LogP contribution in [0.15, 0.2) is 24.3 Å². The first-order valence-corrected chi connectivity index (χ1v) is 6.29. The van der Waals surface area contributed by atoms with Crippen LogP contribution in [0, 0.1) is 5.92 Å². The minimum atomic E-state index is 0.682. The van der Waals surface area contributed by atoms with Gasteiger partial charge in [0, 0.05) is 13.1 Å². The summed E-state index contributed by atoms with van der Waals surface area (Å²) in [5, 5.41) is 0. The summed E-state index contributed by atoms with van der Waals surface area (Å²) in [5.74, 6) is 1.52. The first-order valence-electron chi connectivity index (χ1n) is 6.29. The molecule has 0 fully saturated rings. The molecule has 1 rings (SSSR count). The van der Waals surface area contributed by atoms with Crippen molar-refractivity contribution in [1.29, 1.82) is 0 Å². The van der Waals surface area contributed by atoms with Gasteiger partial charge in [0.15, 0.2) is 0 Å². The molecule has 3 nitrogen and oxygen atoms in total. The highest BCUT2D eigenvalue weighted by molar-refractivity contribution is 5.51. The number of nitrogens with two attached hydrogens (primary N) is 1. The zero-order valence-electron chi connectivity index (χ0n) is 11.1. The van der Waals surface area contributed by atoms with Gasteiger partial charge >= 0.3 is 0 Å². The highest BCUT2D eigenvalue weighted by Crippen LogP contribution is 2.19. The molecule has 0 radical (unpaired) electrons. The summed E-state index contributed by atoms with van der Waals surface area (Å²) in [4.78, 5) is 2.30. The van der Waals surface area contributed by atoms with Crippen molar-refractivity contribution in [2.45, 2.75) is 20.3 Å². The van der Waals surface area contributed by atoms with E-state index in [1.54, 1.807) is 0 Å². The van der Waals surface area contributed by atoms with Crippen LogP contribution in [0.3, 0.4) is 0 Å². The summed E-state index contributed by atoms with van der Waals surface area (Å²) < 4.78 is 5.66. The summed E-state index contributed by atoms with van der Waals surface area (Å²) in [6, 6.07) is 7.62. The second-order valence-corrected chi connectivity index (χ2v) is 4.66. The Labute approximate surface area is 105 Å². The third-order valence-electron chi connectivity index (χ3n) is 2.97. The SMILES string of the molecule is CCC(C)CN(C)CCOc1ccccc1N. The number of benzene rings is 1. The molecule has 96 valence electrons. The molecule has 17 heavy (non-hydrogen) atoms. The summed E-state index contributed by atoms with van der Waals surface area (Å²) >= 11 is 0. The van der Waals surface area contributed by atoms with Gasteiger partial charge in [-0.05, 0) is 25.1 Å². The van der Waals surface area contributed by atoms with Crippen molar-refractivity contribution >= 4 is 5.69 Å². The lowest BCUT2D eigenvalue weighted by molar-refractivity contribution is 0.218. The van der Waals surface area contributed by atoms with Crippen molar-refractivity contribution in [2.24, 2.45) is 5.92 Å². The minimum Gasteiger partial charge on any atom is -0.490 e. The maximum absolute atomic E-state index is 5.80. The quantitative estimate of drug-likeness (QED) is 0.740. The molecule has 0 aromatic heterocycles. The fourth-order valence-electron chi connectivity index (χ4n) is 1.68. The number of ether oxygens (including phenoxy) is 1. The monoisotopic (exact) mass is 236 g/mol. The van der Waals surface area contributed by atoms with Crippen LogP contribution in [0.5, 0.6) is 5.75 Å². The smallest absolute Gasteiger partial charge is 0.142 e. The second-order valence-electron chi connectivity index (χ2n) is 4.66. The molecular formula is C14H24N2O. The van der Waals surface area contributed by atoms with Crippen LogP contribution < -0.4 is 10.5 Å². The van der Waals surface area contributed by atoms with Crippen LogP contribution in [0.25, 0.3) is 0 Å². The van der Waals surface area contributed by atoms with Crippen LogP contribution in [-0.2, 0) is 0 Å². The standard InChI is InChI=1S/C14H24N2O/c1-4-12(2)11-16(3)9-10-17-14-8-6-5-7-13(14)15/h5-8,12H,4,9-11,15H2,1-3H3. The summed E-state index contributed by atoms with van der Waals surface area (Å²) in [5.41, 5.74) is 6.51. The Bertz CT molecular complexity index is 328. The Kier molecular flexibility index (Phi) is 5.84. The van der Waals surface area contributed by atoms with Crippen LogP contribution in [0.2, 0.25) is 0 Å². The van der Waals surface area contributed by atoms with Gasteiger partial charge in [-0.2, -0.15) is 0 Å². The minimum absolute atomic E-state index is 0.682. The van der Waals surface area contributed by atoms with Crippen molar-refractivity contribution in [3.8, 4) is 5.75 Å². The van der Waals surface area contributed by atoms with Crippen molar-refractivity contribution in [1.82, 2.24) is 4.90 Å². The number of hydrogen-bond acceptors (Lipinski definition) is 3. The van der Waals surface area contributed by atoms with Gasteiger partial charge < -0.3 is 15.4 Å². The maximum Gasteiger partial charge on any atom is 0.142 e. The zero-order chi connectivity index (χ0) is 12.7. The average molecular weight is 236 g/mol. The average Bonchev–Trinajstić information content (AvgIpc) is 2.31. The van der Waals surface area contributed by atoms with E-state index in [1.165, 1.54) is 6.42 Å². The molecule has 3 heteroatoms. The molecule has 0 aliphatic heterocycles. The lowest BCUT2D eigenvalue weighted by Crippen LogP contribution is -2.28. The van der Waals surface area contributed by atoms with E-state index in [4.69, 9.17) is 10.5 Å². The predicted molar refractivity (Wildman–Crippen MR) is 73.3 cm³/mol. The van der Waals surface area contributed by atoms with Gasteiger partial charge in [-0.15, -0.1) is 0 Å². The Morgan fingerprint density at radius 1 is 1.35 bits per heavy atom. The first kappa shape index (κ1) is 13.8. The molecule has 2 N–H and O–H groups in total. The van der Waals surface area contributed by atoms with Gasteiger partial charge in [-0.25, -0.2) is 0 Å². The third kappa shape index (κ3) is 5.09. The largest absolute Gasteiger partial charge is 0.490 e. The number of anilines is 1.